The third-order valence-corrected chi connectivity index (χ3v) is 2.80. The van der Waals surface area contributed by atoms with Crippen molar-refractivity contribution in [2.75, 3.05) is 0 Å². The number of nitrogens with zero attached hydrogens (tertiary/aromatic N) is 1. The normalized spacial score (nSPS) is 11.1. The average molecular weight is 286 g/mol. The van der Waals surface area contributed by atoms with Gasteiger partial charge in [0.2, 0.25) is 5.56 Å². The zero-order valence-electron chi connectivity index (χ0n) is 11.0. The lowest BCUT2D eigenvalue weighted by Gasteiger charge is -2.06. The number of hydrogen-bond acceptors (Lipinski definition) is 4. The predicted molar refractivity (Wildman–Crippen MR) is 77.2 cm³/mol. The van der Waals surface area contributed by atoms with Crippen molar-refractivity contribution in [1.82, 2.24) is 10.3 Å². The molecule has 0 aliphatic carbocycles. The quantitative estimate of drug-likeness (QED) is 0.281. The Labute approximate surface area is 120 Å². The lowest BCUT2D eigenvalue weighted by atomic mass is 10.1. The first-order valence-corrected chi connectivity index (χ1v) is 6.14. The molecule has 0 spiro atoms. The molecule has 5 N–H and O–H groups in total. The van der Waals surface area contributed by atoms with Crippen LogP contribution in [-0.4, -0.2) is 21.9 Å². The lowest BCUT2D eigenvalue weighted by Crippen LogP contribution is -2.25. The number of benzene rings is 1. The van der Waals surface area contributed by atoms with E-state index in [9.17, 15) is 9.59 Å². The van der Waals surface area contributed by atoms with Gasteiger partial charge < -0.3 is 21.2 Å². The molecule has 2 aromatic rings. The van der Waals surface area contributed by atoms with Crippen molar-refractivity contribution in [3.05, 3.63) is 69.6 Å². The highest BCUT2D eigenvalue weighted by molar-refractivity contribution is 5.97. The molecule has 1 aromatic carbocycles. The van der Waals surface area contributed by atoms with Crippen LogP contribution in [0.1, 0.15) is 21.6 Å². The van der Waals surface area contributed by atoms with Crippen molar-refractivity contribution in [1.29, 1.82) is 0 Å². The molecule has 0 aliphatic rings. The Morgan fingerprint density at radius 2 is 2.05 bits per heavy atom. The molecule has 2 rings (SSSR count). The molecule has 1 amide bonds. The fourth-order valence-electron chi connectivity index (χ4n) is 1.76. The Bertz CT molecular complexity index is 737. The van der Waals surface area contributed by atoms with E-state index in [0.29, 0.717) is 5.56 Å². The fraction of sp³-hybridized carbons (Fsp3) is 0.0714. The number of rotatable bonds is 4. The molecule has 0 fully saturated rings. The minimum atomic E-state index is -0.387. The number of nitrogens with one attached hydrogen (secondary N) is 2. The van der Waals surface area contributed by atoms with Gasteiger partial charge >= 0.3 is 0 Å². The van der Waals surface area contributed by atoms with Gasteiger partial charge in [0.1, 0.15) is 5.69 Å². The van der Waals surface area contributed by atoms with Crippen LogP contribution < -0.4 is 16.6 Å². The van der Waals surface area contributed by atoms with Gasteiger partial charge in [-0.05, 0) is 17.7 Å². The van der Waals surface area contributed by atoms with Gasteiger partial charge in [-0.25, -0.2) is 0 Å². The Kier molecular flexibility index (Phi) is 4.35. The Morgan fingerprint density at radius 1 is 1.29 bits per heavy atom. The second kappa shape index (κ2) is 6.38. The molecule has 7 heteroatoms. The van der Waals surface area contributed by atoms with Crippen LogP contribution in [0.15, 0.2) is 52.4 Å². The van der Waals surface area contributed by atoms with E-state index in [-0.39, 0.29) is 29.5 Å². The highest BCUT2D eigenvalue weighted by Crippen LogP contribution is 2.05. The van der Waals surface area contributed by atoms with Crippen LogP contribution in [-0.2, 0) is 6.54 Å². The van der Waals surface area contributed by atoms with E-state index in [1.165, 1.54) is 18.2 Å². The van der Waals surface area contributed by atoms with Crippen molar-refractivity contribution < 1.29 is 10.0 Å². The summed E-state index contributed by atoms with van der Waals surface area (Å²) in [5, 5.41) is 14.2. The molecule has 21 heavy (non-hydrogen) atoms. The number of aromatic amines is 1. The molecule has 108 valence electrons. The second-order valence-corrected chi connectivity index (χ2v) is 4.30. The molecule has 7 nitrogen and oxygen atoms in total. The number of carbonyl (C=O) groups excluding carboxylic acids is 1. The van der Waals surface area contributed by atoms with Crippen LogP contribution in [0.25, 0.3) is 0 Å². The first-order valence-electron chi connectivity index (χ1n) is 6.14. The van der Waals surface area contributed by atoms with Crippen LogP contribution in [0.4, 0.5) is 0 Å². The second-order valence-electron chi connectivity index (χ2n) is 4.30. The summed E-state index contributed by atoms with van der Waals surface area (Å²) in [6.45, 7) is 0.252. The zero-order chi connectivity index (χ0) is 15.2. The van der Waals surface area contributed by atoms with Crippen molar-refractivity contribution in [3.63, 3.8) is 0 Å². The van der Waals surface area contributed by atoms with Crippen LogP contribution in [0, 0.1) is 0 Å². The topological polar surface area (TPSA) is 121 Å². The summed E-state index contributed by atoms with van der Waals surface area (Å²) in [5.74, 6) is -0.391. The Balaban J connectivity index is 2.06. The molecule has 0 saturated heterocycles. The average Bonchev–Trinajstić information content (AvgIpc) is 2.52. The van der Waals surface area contributed by atoms with Gasteiger partial charge in [-0.3, -0.25) is 9.59 Å². The number of pyridine rings is 1. The number of nitrogens with two attached hydrogens (primary N) is 1. The molecule has 0 aliphatic heterocycles. The summed E-state index contributed by atoms with van der Waals surface area (Å²) in [6, 6.07) is 11.3. The van der Waals surface area contributed by atoms with Gasteiger partial charge in [0.05, 0.1) is 0 Å². The predicted octanol–water partition coefficient (Wildman–Crippen LogP) is 0.399. The first kappa shape index (κ1) is 14.3. The molecule has 0 radical (unpaired) electrons. The van der Waals surface area contributed by atoms with E-state index < -0.39 is 0 Å². The minimum Gasteiger partial charge on any atom is -0.409 e. The summed E-state index contributed by atoms with van der Waals surface area (Å²) < 4.78 is 0. The number of oxime groups is 1. The molecular weight excluding hydrogens is 272 g/mol. The van der Waals surface area contributed by atoms with E-state index >= 15 is 0 Å². The summed E-state index contributed by atoms with van der Waals surface area (Å²) >= 11 is 0. The van der Waals surface area contributed by atoms with Gasteiger partial charge in [0, 0.05) is 18.2 Å². The molecular formula is C14H14N4O3. The monoisotopic (exact) mass is 286 g/mol. The number of aromatic nitrogens is 1. The van der Waals surface area contributed by atoms with Gasteiger partial charge in [-0.2, -0.15) is 0 Å². The van der Waals surface area contributed by atoms with Crippen molar-refractivity contribution in [3.8, 4) is 0 Å². The number of hydrogen-bond donors (Lipinski definition) is 4. The molecule has 1 heterocycles. The van der Waals surface area contributed by atoms with E-state index in [0.717, 1.165) is 5.56 Å². The number of carbonyl (C=O) groups is 1. The van der Waals surface area contributed by atoms with Gasteiger partial charge in [0.15, 0.2) is 5.84 Å². The number of H-pyrrole nitrogens is 1. The maximum absolute atomic E-state index is 11.9. The third kappa shape index (κ3) is 3.69. The molecule has 1 aromatic heterocycles. The number of amides is 1. The van der Waals surface area contributed by atoms with Crippen molar-refractivity contribution in [2.45, 2.75) is 6.54 Å². The highest BCUT2D eigenvalue weighted by atomic mass is 16.4. The highest BCUT2D eigenvalue weighted by Gasteiger charge is 2.06. The SMILES string of the molecule is N/C(=N/O)c1cccc(CNC(=O)c2cccc(=O)[nH]2)c1. The van der Waals surface area contributed by atoms with Crippen LogP contribution in [0.2, 0.25) is 0 Å². The summed E-state index contributed by atoms with van der Waals surface area (Å²) in [6.07, 6.45) is 0. The maximum Gasteiger partial charge on any atom is 0.268 e. The third-order valence-electron chi connectivity index (χ3n) is 2.80. The van der Waals surface area contributed by atoms with Gasteiger partial charge in [0.25, 0.3) is 5.91 Å². The van der Waals surface area contributed by atoms with E-state index in [2.05, 4.69) is 15.5 Å². The largest absolute Gasteiger partial charge is 0.409 e. The van der Waals surface area contributed by atoms with E-state index in [1.807, 2.05) is 0 Å². The van der Waals surface area contributed by atoms with Crippen LogP contribution in [0.3, 0.4) is 0 Å². The van der Waals surface area contributed by atoms with Gasteiger partial charge in [-0.1, -0.05) is 29.4 Å². The maximum atomic E-state index is 11.9. The first-order chi connectivity index (χ1) is 10.1. The van der Waals surface area contributed by atoms with Crippen LogP contribution >= 0.6 is 0 Å². The van der Waals surface area contributed by atoms with Crippen molar-refractivity contribution >= 4 is 11.7 Å². The van der Waals surface area contributed by atoms with Crippen LogP contribution in [0.5, 0.6) is 0 Å². The van der Waals surface area contributed by atoms with E-state index in [4.69, 9.17) is 10.9 Å². The van der Waals surface area contributed by atoms with E-state index in [1.54, 1.807) is 24.3 Å². The Morgan fingerprint density at radius 3 is 2.76 bits per heavy atom. The smallest absolute Gasteiger partial charge is 0.268 e. The van der Waals surface area contributed by atoms with Crippen molar-refractivity contribution in [2.24, 2.45) is 10.9 Å². The fourth-order valence-corrected chi connectivity index (χ4v) is 1.76. The number of amidine groups is 1. The summed E-state index contributed by atoms with van der Waals surface area (Å²) in [5.41, 5.74) is 6.69. The molecule has 0 unspecified atom stereocenters. The minimum absolute atomic E-state index is 0.00411. The Hall–Kier alpha value is -3.09. The lowest BCUT2D eigenvalue weighted by molar-refractivity contribution is 0.0945. The summed E-state index contributed by atoms with van der Waals surface area (Å²) in [7, 11) is 0. The zero-order valence-corrected chi connectivity index (χ0v) is 11.0. The van der Waals surface area contributed by atoms with Gasteiger partial charge in [-0.15, -0.1) is 0 Å². The molecule has 0 bridgehead atoms. The molecule has 0 saturated carbocycles. The summed E-state index contributed by atoms with van der Waals surface area (Å²) in [4.78, 5) is 25.5. The molecule has 0 atom stereocenters. The standard InChI is InChI=1S/C14H14N4O3/c15-13(18-21)10-4-1-3-9(7-10)8-16-14(20)11-5-2-6-12(19)17-11/h1-7,21H,8H2,(H2,15,18)(H,16,20)(H,17,19).